The van der Waals surface area contributed by atoms with Crippen molar-refractivity contribution in [1.82, 2.24) is 0 Å². The van der Waals surface area contributed by atoms with E-state index in [1.807, 2.05) is 31.2 Å². The summed E-state index contributed by atoms with van der Waals surface area (Å²) >= 11 is 2.16. The zero-order valence-corrected chi connectivity index (χ0v) is 14.7. The Labute approximate surface area is 144 Å². The van der Waals surface area contributed by atoms with Gasteiger partial charge >= 0.3 is 5.97 Å². The summed E-state index contributed by atoms with van der Waals surface area (Å²) in [5.74, 6) is 0.409. The predicted molar refractivity (Wildman–Crippen MR) is 96.1 cm³/mol. The molecule has 0 unspecified atom stereocenters. The van der Waals surface area contributed by atoms with Gasteiger partial charge in [0.25, 0.3) is 0 Å². The molecular weight excluding hydrogens is 391 g/mol. The minimum Gasteiger partial charge on any atom is -0.488 e. The molecule has 2 aromatic carbocycles. The van der Waals surface area contributed by atoms with Crippen LogP contribution in [0.2, 0.25) is 0 Å². The van der Waals surface area contributed by atoms with E-state index in [2.05, 4.69) is 34.7 Å². The lowest BCUT2D eigenvalue weighted by Crippen LogP contribution is -2.04. The number of esters is 1. The number of carbonyl (C=O) groups is 1. The number of allylic oxidation sites excluding steroid dienone is 1. The van der Waals surface area contributed by atoms with E-state index in [9.17, 15) is 4.79 Å². The first kappa shape index (κ1) is 16.5. The van der Waals surface area contributed by atoms with E-state index in [1.165, 1.54) is 7.11 Å². The summed E-state index contributed by atoms with van der Waals surface area (Å²) in [6.45, 7) is 2.48. The molecule has 2 aromatic rings. The van der Waals surface area contributed by atoms with Crippen molar-refractivity contribution in [2.24, 2.45) is 0 Å². The van der Waals surface area contributed by atoms with Crippen molar-refractivity contribution in [3.63, 3.8) is 0 Å². The summed E-state index contributed by atoms with van der Waals surface area (Å²) in [6, 6.07) is 15.4. The summed E-state index contributed by atoms with van der Waals surface area (Å²) in [5.41, 5.74) is 2.79. The Hall–Kier alpha value is -1.82. The van der Waals surface area contributed by atoms with Crippen molar-refractivity contribution in [2.75, 3.05) is 13.7 Å². The predicted octanol–water partition coefficient (Wildman–Crippen LogP) is 4.56. The average Bonchev–Trinajstić information content (AvgIpc) is 2.56. The van der Waals surface area contributed by atoms with Gasteiger partial charge in [0.2, 0.25) is 0 Å². The molecule has 0 atom stereocenters. The van der Waals surface area contributed by atoms with Gasteiger partial charge in [-0.05, 0) is 58.9 Å². The van der Waals surface area contributed by atoms with E-state index < -0.39 is 0 Å². The number of hydrogen-bond acceptors (Lipinski definition) is 3. The molecule has 0 amide bonds. The second kappa shape index (κ2) is 7.98. The molecule has 114 valence electrons. The van der Waals surface area contributed by atoms with Crippen LogP contribution in [0.4, 0.5) is 0 Å². The second-order valence-corrected chi connectivity index (χ2v) is 5.77. The molecule has 0 aliphatic carbocycles. The van der Waals surface area contributed by atoms with Crippen LogP contribution in [0.25, 0.3) is 5.57 Å². The number of hydrogen-bond donors (Lipinski definition) is 0. The van der Waals surface area contributed by atoms with Gasteiger partial charge in [-0.15, -0.1) is 0 Å². The number of halogens is 1. The van der Waals surface area contributed by atoms with E-state index in [0.717, 1.165) is 20.5 Å². The molecule has 0 bridgehead atoms. The van der Waals surface area contributed by atoms with Crippen molar-refractivity contribution in [2.45, 2.75) is 6.92 Å². The maximum atomic E-state index is 11.5. The molecule has 0 saturated heterocycles. The Morgan fingerprint density at radius 2 is 1.86 bits per heavy atom. The molecule has 0 spiro atoms. The zero-order valence-electron chi connectivity index (χ0n) is 12.5. The number of carbonyl (C=O) groups excluding carboxylic acids is 1. The molecule has 0 aliphatic rings. The monoisotopic (exact) mass is 408 g/mol. The van der Waals surface area contributed by atoms with Crippen molar-refractivity contribution in [3.05, 3.63) is 69.3 Å². The molecule has 0 heterocycles. The average molecular weight is 408 g/mol. The fourth-order valence-electron chi connectivity index (χ4n) is 2.00. The van der Waals surface area contributed by atoms with Gasteiger partial charge in [0.15, 0.2) is 0 Å². The first-order valence-electron chi connectivity index (χ1n) is 6.87. The van der Waals surface area contributed by atoms with Gasteiger partial charge in [-0.3, -0.25) is 0 Å². The van der Waals surface area contributed by atoms with Crippen molar-refractivity contribution in [1.29, 1.82) is 0 Å². The fraction of sp³-hybridized carbons (Fsp3) is 0.167. The Balaban J connectivity index is 2.10. The number of rotatable bonds is 5. The van der Waals surface area contributed by atoms with Gasteiger partial charge in [-0.2, -0.15) is 0 Å². The van der Waals surface area contributed by atoms with E-state index in [4.69, 9.17) is 9.47 Å². The van der Waals surface area contributed by atoms with E-state index in [1.54, 1.807) is 18.2 Å². The number of benzene rings is 2. The standard InChI is InChI=1S/C18H17IO3/c1-3-13(14-7-5-4-6-8-14)12-22-17-10-9-15(11-16(17)19)18(20)21-2/h3-11H,12H2,1-2H3. The number of methoxy groups -OCH3 is 1. The largest absolute Gasteiger partial charge is 0.488 e. The summed E-state index contributed by atoms with van der Waals surface area (Å²) in [7, 11) is 1.37. The summed E-state index contributed by atoms with van der Waals surface area (Å²) in [4.78, 5) is 11.5. The maximum absolute atomic E-state index is 11.5. The highest BCUT2D eigenvalue weighted by Crippen LogP contribution is 2.24. The Morgan fingerprint density at radius 3 is 2.45 bits per heavy atom. The molecule has 0 saturated carbocycles. The van der Waals surface area contributed by atoms with Gasteiger partial charge in [-0.25, -0.2) is 4.79 Å². The zero-order chi connectivity index (χ0) is 15.9. The quantitative estimate of drug-likeness (QED) is 0.538. The van der Waals surface area contributed by atoms with Crippen LogP contribution in [0.3, 0.4) is 0 Å². The van der Waals surface area contributed by atoms with Gasteiger partial charge < -0.3 is 9.47 Å². The van der Waals surface area contributed by atoms with Crippen LogP contribution in [-0.4, -0.2) is 19.7 Å². The minimum atomic E-state index is -0.345. The molecule has 22 heavy (non-hydrogen) atoms. The van der Waals surface area contributed by atoms with Crippen LogP contribution in [0.15, 0.2) is 54.6 Å². The third-order valence-corrected chi connectivity index (χ3v) is 4.07. The fourth-order valence-corrected chi connectivity index (χ4v) is 2.67. The summed E-state index contributed by atoms with van der Waals surface area (Å²) < 4.78 is 11.5. The molecule has 0 fully saturated rings. The first-order valence-corrected chi connectivity index (χ1v) is 7.95. The van der Waals surface area contributed by atoms with Crippen molar-refractivity contribution >= 4 is 34.1 Å². The third kappa shape index (κ3) is 4.10. The van der Waals surface area contributed by atoms with Crippen LogP contribution in [-0.2, 0) is 4.74 Å². The SMILES string of the molecule is CC=C(COc1ccc(C(=O)OC)cc1I)c1ccccc1. The van der Waals surface area contributed by atoms with E-state index in [0.29, 0.717) is 12.2 Å². The van der Waals surface area contributed by atoms with E-state index >= 15 is 0 Å². The highest BCUT2D eigenvalue weighted by atomic mass is 127. The van der Waals surface area contributed by atoms with E-state index in [-0.39, 0.29) is 5.97 Å². The Bertz CT molecular complexity index is 678. The molecule has 0 N–H and O–H groups in total. The van der Waals surface area contributed by atoms with Gasteiger partial charge in [-0.1, -0.05) is 36.4 Å². The van der Waals surface area contributed by atoms with Crippen LogP contribution < -0.4 is 4.74 Å². The Morgan fingerprint density at radius 1 is 1.14 bits per heavy atom. The molecule has 4 heteroatoms. The van der Waals surface area contributed by atoms with Gasteiger partial charge in [0.1, 0.15) is 12.4 Å². The molecule has 0 aliphatic heterocycles. The van der Waals surface area contributed by atoms with Crippen LogP contribution in [0.5, 0.6) is 5.75 Å². The molecule has 2 rings (SSSR count). The molecule has 0 radical (unpaired) electrons. The lowest BCUT2D eigenvalue weighted by molar-refractivity contribution is 0.0600. The van der Waals surface area contributed by atoms with Crippen molar-refractivity contribution < 1.29 is 14.3 Å². The lowest BCUT2D eigenvalue weighted by atomic mass is 10.1. The van der Waals surface area contributed by atoms with Gasteiger partial charge in [0.05, 0.1) is 16.2 Å². The molecule has 0 aromatic heterocycles. The highest BCUT2D eigenvalue weighted by molar-refractivity contribution is 14.1. The second-order valence-electron chi connectivity index (χ2n) is 4.61. The maximum Gasteiger partial charge on any atom is 0.337 e. The normalized spacial score (nSPS) is 11.1. The van der Waals surface area contributed by atoms with Gasteiger partial charge in [0, 0.05) is 0 Å². The van der Waals surface area contributed by atoms with Crippen molar-refractivity contribution in [3.8, 4) is 5.75 Å². The number of ether oxygens (including phenoxy) is 2. The van der Waals surface area contributed by atoms with Crippen LogP contribution in [0, 0.1) is 3.57 Å². The van der Waals surface area contributed by atoms with Crippen LogP contribution >= 0.6 is 22.6 Å². The van der Waals surface area contributed by atoms with Crippen LogP contribution in [0.1, 0.15) is 22.8 Å². The summed E-state index contributed by atoms with van der Waals surface area (Å²) in [5, 5.41) is 0. The first-order chi connectivity index (χ1) is 10.7. The highest BCUT2D eigenvalue weighted by Gasteiger charge is 2.10. The minimum absolute atomic E-state index is 0.345. The topological polar surface area (TPSA) is 35.5 Å². The molecular formula is C18H17IO3. The summed E-state index contributed by atoms with van der Waals surface area (Å²) in [6.07, 6.45) is 2.05. The smallest absolute Gasteiger partial charge is 0.337 e. The Kier molecular flexibility index (Phi) is 6.00. The lowest BCUT2D eigenvalue weighted by Gasteiger charge is -2.12. The third-order valence-electron chi connectivity index (χ3n) is 3.23. The molecule has 3 nitrogen and oxygen atoms in total.